The third-order valence-corrected chi connectivity index (χ3v) is 4.10. The van der Waals surface area contributed by atoms with Crippen LogP contribution in [0.3, 0.4) is 0 Å². The van der Waals surface area contributed by atoms with Crippen molar-refractivity contribution < 1.29 is 4.74 Å². The highest BCUT2D eigenvalue weighted by atomic mass is 16.5. The summed E-state index contributed by atoms with van der Waals surface area (Å²) in [7, 11) is 0. The van der Waals surface area contributed by atoms with Gasteiger partial charge in [-0.2, -0.15) is 0 Å². The fourth-order valence-electron chi connectivity index (χ4n) is 2.67. The zero-order valence-electron chi connectivity index (χ0n) is 12.8. The zero-order chi connectivity index (χ0) is 14.4. The third-order valence-electron chi connectivity index (χ3n) is 4.10. The van der Waals surface area contributed by atoms with Crippen LogP contribution < -0.4 is 10.6 Å². The van der Waals surface area contributed by atoms with Gasteiger partial charge in [-0.15, -0.1) is 0 Å². The molecule has 0 radical (unpaired) electrons. The molecule has 2 N–H and O–H groups in total. The van der Waals surface area contributed by atoms with Crippen LogP contribution in [0.1, 0.15) is 11.1 Å². The number of hydrogen-bond donors (Lipinski definition) is 1. The van der Waals surface area contributed by atoms with Gasteiger partial charge < -0.3 is 15.4 Å². The monoisotopic (exact) mass is 277 g/mol. The van der Waals surface area contributed by atoms with Gasteiger partial charge in [-0.3, -0.25) is 4.90 Å². The lowest BCUT2D eigenvalue weighted by molar-refractivity contribution is 0.107. The van der Waals surface area contributed by atoms with Crippen LogP contribution in [0.4, 0.5) is 5.69 Å². The first-order valence-corrected chi connectivity index (χ1v) is 7.53. The van der Waals surface area contributed by atoms with E-state index in [2.05, 4.69) is 41.8 Å². The van der Waals surface area contributed by atoms with Crippen LogP contribution in [0.15, 0.2) is 18.2 Å². The van der Waals surface area contributed by atoms with Gasteiger partial charge in [0.05, 0.1) is 13.2 Å². The summed E-state index contributed by atoms with van der Waals surface area (Å²) in [6.07, 6.45) is 0. The second-order valence-electron chi connectivity index (χ2n) is 5.45. The molecule has 0 aromatic heterocycles. The summed E-state index contributed by atoms with van der Waals surface area (Å²) in [5.41, 5.74) is 9.59. The molecule has 1 heterocycles. The van der Waals surface area contributed by atoms with Crippen molar-refractivity contribution >= 4 is 5.69 Å². The molecule has 0 unspecified atom stereocenters. The van der Waals surface area contributed by atoms with Crippen molar-refractivity contribution in [2.75, 3.05) is 57.4 Å². The summed E-state index contributed by atoms with van der Waals surface area (Å²) in [4.78, 5) is 4.97. The van der Waals surface area contributed by atoms with Crippen LogP contribution in [0.25, 0.3) is 0 Å². The molecule has 4 nitrogen and oxygen atoms in total. The first-order valence-electron chi connectivity index (χ1n) is 7.53. The van der Waals surface area contributed by atoms with Crippen LogP contribution in [-0.4, -0.2) is 57.4 Å². The van der Waals surface area contributed by atoms with Crippen molar-refractivity contribution in [1.29, 1.82) is 0 Å². The van der Waals surface area contributed by atoms with Crippen LogP contribution in [0.5, 0.6) is 0 Å². The van der Waals surface area contributed by atoms with Crippen molar-refractivity contribution in [3.8, 4) is 0 Å². The summed E-state index contributed by atoms with van der Waals surface area (Å²) < 4.78 is 5.45. The average molecular weight is 277 g/mol. The first-order chi connectivity index (χ1) is 9.72. The summed E-state index contributed by atoms with van der Waals surface area (Å²) in [5.74, 6) is 0. The molecule has 1 saturated heterocycles. The predicted octanol–water partition coefficient (Wildman–Crippen LogP) is 1.40. The van der Waals surface area contributed by atoms with Crippen LogP contribution in [-0.2, 0) is 4.74 Å². The topological polar surface area (TPSA) is 41.7 Å². The molecular weight excluding hydrogens is 250 g/mol. The van der Waals surface area contributed by atoms with Gasteiger partial charge in [0, 0.05) is 45.0 Å². The van der Waals surface area contributed by atoms with Crippen molar-refractivity contribution in [2.24, 2.45) is 5.73 Å². The van der Waals surface area contributed by atoms with Crippen molar-refractivity contribution in [3.63, 3.8) is 0 Å². The minimum atomic E-state index is 0.612. The SMILES string of the molecule is Cc1cccc(N2CCN(CCOCCN)CC2)c1C. The molecular formula is C16H27N3O. The van der Waals surface area contributed by atoms with E-state index in [1.807, 2.05) is 0 Å². The summed E-state index contributed by atoms with van der Waals surface area (Å²) >= 11 is 0. The number of ether oxygens (including phenoxy) is 1. The van der Waals surface area contributed by atoms with Gasteiger partial charge in [-0.25, -0.2) is 0 Å². The third kappa shape index (κ3) is 3.95. The number of rotatable bonds is 6. The maximum absolute atomic E-state index is 5.45. The molecule has 0 amide bonds. The lowest BCUT2D eigenvalue weighted by Crippen LogP contribution is -2.47. The van der Waals surface area contributed by atoms with Gasteiger partial charge in [0.25, 0.3) is 0 Å². The molecule has 1 aromatic carbocycles. The Labute approximate surface area is 122 Å². The van der Waals surface area contributed by atoms with Gasteiger partial charge in [0.2, 0.25) is 0 Å². The Morgan fingerprint density at radius 1 is 1.10 bits per heavy atom. The standard InChI is InChI=1S/C16H27N3O/c1-14-4-3-5-16(15(14)2)19-9-7-18(8-10-19)11-13-20-12-6-17/h3-5H,6-13,17H2,1-2H3. The van der Waals surface area contributed by atoms with Crippen LogP contribution in [0, 0.1) is 13.8 Å². The van der Waals surface area contributed by atoms with E-state index in [0.29, 0.717) is 13.2 Å². The number of benzene rings is 1. The Hall–Kier alpha value is -1.10. The van der Waals surface area contributed by atoms with E-state index in [9.17, 15) is 0 Å². The molecule has 0 aliphatic carbocycles. The normalized spacial score (nSPS) is 16.6. The van der Waals surface area contributed by atoms with E-state index in [-0.39, 0.29) is 0 Å². The Morgan fingerprint density at radius 3 is 2.55 bits per heavy atom. The number of hydrogen-bond acceptors (Lipinski definition) is 4. The average Bonchev–Trinajstić information content (AvgIpc) is 2.47. The Balaban J connectivity index is 1.80. The molecule has 112 valence electrons. The van der Waals surface area contributed by atoms with E-state index in [0.717, 1.165) is 39.3 Å². The van der Waals surface area contributed by atoms with Crippen molar-refractivity contribution in [1.82, 2.24) is 4.90 Å². The second kappa shape index (κ2) is 7.62. The minimum Gasteiger partial charge on any atom is -0.379 e. The minimum absolute atomic E-state index is 0.612. The summed E-state index contributed by atoms with van der Waals surface area (Å²) in [6.45, 7) is 11.9. The molecule has 0 spiro atoms. The Kier molecular flexibility index (Phi) is 5.83. The molecule has 20 heavy (non-hydrogen) atoms. The maximum Gasteiger partial charge on any atom is 0.0594 e. The van der Waals surface area contributed by atoms with Gasteiger partial charge in [-0.1, -0.05) is 12.1 Å². The highest BCUT2D eigenvalue weighted by Crippen LogP contribution is 2.23. The summed E-state index contributed by atoms with van der Waals surface area (Å²) in [6, 6.07) is 6.58. The number of anilines is 1. The van der Waals surface area contributed by atoms with Crippen molar-refractivity contribution in [3.05, 3.63) is 29.3 Å². The van der Waals surface area contributed by atoms with E-state index in [1.54, 1.807) is 0 Å². The lowest BCUT2D eigenvalue weighted by Gasteiger charge is -2.37. The number of piperazine rings is 1. The number of aryl methyl sites for hydroxylation is 1. The van der Waals surface area contributed by atoms with E-state index < -0.39 is 0 Å². The predicted molar refractivity (Wildman–Crippen MR) is 84.4 cm³/mol. The molecule has 0 bridgehead atoms. The molecule has 0 saturated carbocycles. The van der Waals surface area contributed by atoms with E-state index >= 15 is 0 Å². The summed E-state index contributed by atoms with van der Waals surface area (Å²) in [5, 5.41) is 0. The van der Waals surface area contributed by atoms with Crippen molar-refractivity contribution in [2.45, 2.75) is 13.8 Å². The molecule has 0 atom stereocenters. The van der Waals surface area contributed by atoms with Crippen LogP contribution >= 0.6 is 0 Å². The quantitative estimate of drug-likeness (QED) is 0.798. The molecule has 1 aliphatic rings. The van der Waals surface area contributed by atoms with Gasteiger partial charge >= 0.3 is 0 Å². The van der Waals surface area contributed by atoms with Gasteiger partial charge in [0.15, 0.2) is 0 Å². The number of nitrogens with two attached hydrogens (primary N) is 1. The molecule has 4 heteroatoms. The molecule has 2 rings (SSSR count). The smallest absolute Gasteiger partial charge is 0.0594 e. The van der Waals surface area contributed by atoms with E-state index in [1.165, 1.54) is 16.8 Å². The Bertz CT molecular complexity index is 414. The molecule has 1 aliphatic heterocycles. The van der Waals surface area contributed by atoms with Gasteiger partial charge in [-0.05, 0) is 31.0 Å². The fourth-order valence-corrected chi connectivity index (χ4v) is 2.67. The second-order valence-corrected chi connectivity index (χ2v) is 5.45. The Morgan fingerprint density at radius 2 is 1.85 bits per heavy atom. The highest BCUT2D eigenvalue weighted by molar-refractivity contribution is 5.56. The molecule has 1 fully saturated rings. The molecule has 1 aromatic rings. The maximum atomic E-state index is 5.45. The van der Waals surface area contributed by atoms with Crippen LogP contribution in [0.2, 0.25) is 0 Å². The highest BCUT2D eigenvalue weighted by Gasteiger charge is 2.18. The zero-order valence-corrected chi connectivity index (χ0v) is 12.8. The lowest BCUT2D eigenvalue weighted by atomic mass is 10.1. The number of nitrogens with zero attached hydrogens (tertiary/aromatic N) is 2. The first kappa shape index (κ1) is 15.3. The van der Waals surface area contributed by atoms with Gasteiger partial charge in [0.1, 0.15) is 0 Å². The fraction of sp³-hybridized carbons (Fsp3) is 0.625. The van der Waals surface area contributed by atoms with E-state index in [4.69, 9.17) is 10.5 Å². The largest absolute Gasteiger partial charge is 0.379 e.